The quantitative estimate of drug-likeness (QED) is 0.152. The number of para-hydroxylation sites is 3. The highest BCUT2D eigenvalue weighted by Gasteiger charge is 2.20. The molecule has 13 rings (SSSR count). The maximum absolute atomic E-state index is 6.30. The first kappa shape index (κ1) is 38.5. The van der Waals surface area contributed by atoms with Gasteiger partial charge < -0.3 is 13.9 Å². The second kappa shape index (κ2) is 16.0. The molecule has 0 radical (unpaired) electrons. The smallest absolute Gasteiger partial charge is 0.136 e. The van der Waals surface area contributed by atoms with E-state index < -0.39 is 0 Å². The molecule has 0 fully saturated rings. The van der Waals surface area contributed by atoms with E-state index in [2.05, 4.69) is 252 Å². The third kappa shape index (κ3) is 6.76. The minimum atomic E-state index is 0.893. The monoisotopic (exact) mass is 854 g/mol. The van der Waals surface area contributed by atoms with Crippen LogP contribution >= 0.6 is 0 Å². The zero-order valence-electron chi connectivity index (χ0n) is 36.6. The Morgan fingerprint density at radius 3 is 1.55 bits per heavy atom. The highest BCUT2D eigenvalue weighted by molar-refractivity contribution is 6.09. The summed E-state index contributed by atoms with van der Waals surface area (Å²) in [6.45, 7) is 0. The average Bonchev–Trinajstić information content (AvgIpc) is 3.95. The lowest BCUT2D eigenvalue weighted by Crippen LogP contribution is -2.11. The summed E-state index contributed by atoms with van der Waals surface area (Å²) in [5, 5.41) is 7.25. The van der Waals surface area contributed by atoms with Crippen molar-refractivity contribution in [2.45, 2.75) is 0 Å². The van der Waals surface area contributed by atoms with Crippen LogP contribution in [0, 0.1) is 0 Å². The molecule has 0 aliphatic carbocycles. The Morgan fingerprint density at radius 2 is 0.821 bits per heavy atom. The molecule has 0 atom stereocenters. The van der Waals surface area contributed by atoms with Gasteiger partial charge in [0.1, 0.15) is 11.2 Å². The first-order chi connectivity index (χ1) is 33.2. The molecule has 0 unspecified atom stereocenters. The summed E-state index contributed by atoms with van der Waals surface area (Å²) in [5.41, 5.74) is 17.7. The molecular weight excluding hydrogens is 813 g/mol. The first-order valence-electron chi connectivity index (χ1n) is 22.9. The topological polar surface area (TPSA) is 21.3 Å². The van der Waals surface area contributed by atoms with E-state index in [9.17, 15) is 0 Å². The molecular formula is C64H42N2O. The largest absolute Gasteiger partial charge is 0.456 e. The van der Waals surface area contributed by atoms with Gasteiger partial charge in [0.25, 0.3) is 0 Å². The number of anilines is 3. The number of furan rings is 1. The van der Waals surface area contributed by atoms with Crippen LogP contribution in [0.5, 0.6) is 0 Å². The van der Waals surface area contributed by atoms with E-state index in [1.807, 2.05) is 12.1 Å². The van der Waals surface area contributed by atoms with Crippen molar-refractivity contribution in [3.63, 3.8) is 0 Å². The van der Waals surface area contributed by atoms with Gasteiger partial charge in [-0.1, -0.05) is 170 Å². The van der Waals surface area contributed by atoms with Crippen molar-refractivity contribution in [1.29, 1.82) is 0 Å². The van der Waals surface area contributed by atoms with E-state index in [0.29, 0.717) is 0 Å². The van der Waals surface area contributed by atoms with Crippen LogP contribution in [0.4, 0.5) is 17.1 Å². The van der Waals surface area contributed by atoms with Crippen LogP contribution in [0.25, 0.3) is 105 Å². The second-order valence-corrected chi connectivity index (χ2v) is 17.3. The molecule has 0 bridgehead atoms. The molecule has 0 N–H and O–H groups in total. The van der Waals surface area contributed by atoms with Gasteiger partial charge in [-0.05, 0) is 135 Å². The molecule has 67 heavy (non-hydrogen) atoms. The molecule has 2 heterocycles. The van der Waals surface area contributed by atoms with Crippen LogP contribution in [0.1, 0.15) is 0 Å². The Bertz CT molecular complexity index is 3920. The Hall–Kier alpha value is -8.92. The minimum Gasteiger partial charge on any atom is -0.456 e. The van der Waals surface area contributed by atoms with Crippen LogP contribution in [0.15, 0.2) is 259 Å². The minimum absolute atomic E-state index is 0.893. The SMILES string of the molecule is c1ccc(-c2cc(-c3cccc(-n4c5ccccc5c5ccccc54)c3)ccc2N(c2ccc(-c3ccc4ccccc4c3)cc2)c2ccc(-c3ccc4c(c3)oc3ccccc34)cc2)cc1. The fraction of sp³-hybridized carbons (Fsp3) is 0. The Balaban J connectivity index is 0.942. The average molecular weight is 855 g/mol. The Morgan fingerprint density at radius 1 is 0.299 bits per heavy atom. The molecule has 13 aromatic rings. The van der Waals surface area contributed by atoms with Crippen LogP contribution in [0.2, 0.25) is 0 Å². The summed E-state index contributed by atoms with van der Waals surface area (Å²) in [6.07, 6.45) is 0. The molecule has 2 aromatic heterocycles. The number of fused-ring (bicyclic) bond motifs is 7. The lowest BCUT2D eigenvalue weighted by Gasteiger charge is -2.29. The number of rotatable bonds is 8. The Kier molecular flexibility index (Phi) is 9.17. The molecule has 3 nitrogen and oxygen atoms in total. The van der Waals surface area contributed by atoms with Gasteiger partial charge in [-0.15, -0.1) is 0 Å². The number of aromatic nitrogens is 1. The number of hydrogen-bond donors (Lipinski definition) is 0. The summed E-state index contributed by atoms with van der Waals surface area (Å²) >= 11 is 0. The third-order valence-electron chi connectivity index (χ3n) is 13.4. The van der Waals surface area contributed by atoms with Crippen LogP contribution in [0.3, 0.4) is 0 Å². The standard InChI is InChI=1S/C64H42N2O/c1-2-14-46(15-3-1)59-41-50(48-17-12-18-54(40-48)66-60-22-9-6-19-55(60)56-20-7-10-23-61(56)66)32-38-62(59)65(52-33-27-44(28-34-52)49-26-25-43-13-4-5-16-47(43)39-49)53-35-29-45(30-36-53)51-31-37-58-57-21-8-11-24-63(57)67-64(58)42-51/h1-42H. The lowest BCUT2D eigenvalue weighted by molar-refractivity contribution is 0.669. The summed E-state index contributed by atoms with van der Waals surface area (Å²) in [5.74, 6) is 0. The fourth-order valence-electron chi connectivity index (χ4n) is 10.1. The van der Waals surface area contributed by atoms with Crippen molar-refractivity contribution in [2.75, 3.05) is 4.90 Å². The lowest BCUT2D eigenvalue weighted by atomic mass is 9.95. The summed E-state index contributed by atoms with van der Waals surface area (Å²) in [7, 11) is 0. The summed E-state index contributed by atoms with van der Waals surface area (Å²) in [6, 6.07) is 92.1. The second-order valence-electron chi connectivity index (χ2n) is 17.3. The molecule has 314 valence electrons. The predicted octanol–water partition coefficient (Wildman–Crippen LogP) is 18.0. The van der Waals surface area contributed by atoms with E-state index in [-0.39, 0.29) is 0 Å². The zero-order valence-corrected chi connectivity index (χ0v) is 36.6. The number of benzene rings is 11. The first-order valence-corrected chi connectivity index (χ1v) is 22.9. The molecule has 0 saturated heterocycles. The van der Waals surface area contributed by atoms with Crippen molar-refractivity contribution < 1.29 is 4.42 Å². The molecule has 3 heteroatoms. The van der Waals surface area contributed by atoms with Crippen LogP contribution < -0.4 is 4.90 Å². The van der Waals surface area contributed by atoms with Crippen molar-refractivity contribution in [1.82, 2.24) is 4.57 Å². The number of nitrogens with zero attached hydrogens (tertiary/aromatic N) is 2. The highest BCUT2D eigenvalue weighted by Crippen LogP contribution is 2.44. The van der Waals surface area contributed by atoms with E-state index in [1.54, 1.807) is 0 Å². The van der Waals surface area contributed by atoms with E-state index in [0.717, 1.165) is 78.1 Å². The predicted molar refractivity (Wildman–Crippen MR) is 282 cm³/mol. The molecule has 0 spiro atoms. The van der Waals surface area contributed by atoms with Gasteiger partial charge in [0.15, 0.2) is 0 Å². The van der Waals surface area contributed by atoms with E-state index in [4.69, 9.17) is 4.42 Å². The van der Waals surface area contributed by atoms with Gasteiger partial charge in [-0.2, -0.15) is 0 Å². The maximum atomic E-state index is 6.30. The maximum Gasteiger partial charge on any atom is 0.136 e. The summed E-state index contributed by atoms with van der Waals surface area (Å²) in [4.78, 5) is 2.40. The van der Waals surface area contributed by atoms with Gasteiger partial charge >= 0.3 is 0 Å². The molecule has 0 saturated carbocycles. The van der Waals surface area contributed by atoms with Gasteiger partial charge in [0.2, 0.25) is 0 Å². The van der Waals surface area contributed by atoms with Crippen molar-refractivity contribution >= 4 is 71.6 Å². The zero-order chi connectivity index (χ0) is 44.3. The van der Waals surface area contributed by atoms with Crippen molar-refractivity contribution in [2.24, 2.45) is 0 Å². The molecule has 0 amide bonds. The fourth-order valence-corrected chi connectivity index (χ4v) is 10.1. The van der Waals surface area contributed by atoms with Crippen LogP contribution in [-0.2, 0) is 0 Å². The molecule has 0 aliphatic heterocycles. The number of hydrogen-bond acceptors (Lipinski definition) is 2. The molecule has 11 aromatic carbocycles. The highest BCUT2D eigenvalue weighted by atomic mass is 16.3. The third-order valence-corrected chi connectivity index (χ3v) is 13.4. The molecule has 0 aliphatic rings. The van der Waals surface area contributed by atoms with Crippen LogP contribution in [-0.4, -0.2) is 4.57 Å². The Labute approximate surface area is 388 Å². The normalized spacial score (nSPS) is 11.6. The summed E-state index contributed by atoms with van der Waals surface area (Å²) < 4.78 is 8.69. The van der Waals surface area contributed by atoms with E-state index in [1.165, 1.54) is 43.7 Å². The van der Waals surface area contributed by atoms with Gasteiger partial charge in [-0.3, -0.25) is 0 Å². The van der Waals surface area contributed by atoms with Gasteiger partial charge in [-0.25, -0.2) is 0 Å². The van der Waals surface area contributed by atoms with Gasteiger partial charge in [0.05, 0.1) is 16.7 Å². The van der Waals surface area contributed by atoms with E-state index >= 15 is 0 Å². The van der Waals surface area contributed by atoms with Gasteiger partial charge in [0, 0.05) is 44.2 Å². The van der Waals surface area contributed by atoms with Crippen molar-refractivity contribution in [3.05, 3.63) is 255 Å². The van der Waals surface area contributed by atoms with Crippen molar-refractivity contribution in [3.8, 4) is 50.2 Å².